The number of esters is 2. The van der Waals surface area contributed by atoms with Crippen LogP contribution in [0.5, 0.6) is 23.0 Å². The Morgan fingerprint density at radius 3 is 1.35 bits per heavy atom. The van der Waals surface area contributed by atoms with Crippen LogP contribution in [-0.4, -0.2) is 51.6 Å². The molecule has 2 heterocycles. The zero-order chi connectivity index (χ0) is 37.5. The van der Waals surface area contributed by atoms with E-state index in [1.165, 1.54) is 24.3 Å². The summed E-state index contributed by atoms with van der Waals surface area (Å²) in [5.74, 6) is -2.72. The van der Waals surface area contributed by atoms with Crippen molar-refractivity contribution in [3.8, 4) is 34.1 Å². The van der Waals surface area contributed by atoms with Crippen molar-refractivity contribution in [1.82, 2.24) is 0 Å². The first kappa shape index (κ1) is 35.2. The minimum absolute atomic E-state index is 0.100. The van der Waals surface area contributed by atoms with Gasteiger partial charge in [0.25, 0.3) is 0 Å². The highest BCUT2D eigenvalue weighted by atomic mass is 19.1. The zero-order valence-electron chi connectivity index (χ0n) is 29.7. The Labute approximate surface area is 310 Å². The van der Waals surface area contributed by atoms with E-state index >= 15 is 8.78 Å². The molecular weight excluding hydrogens is 694 g/mol. The van der Waals surface area contributed by atoms with E-state index in [9.17, 15) is 9.59 Å². The van der Waals surface area contributed by atoms with Crippen LogP contribution < -0.4 is 18.9 Å². The average Bonchev–Trinajstić information content (AvgIpc) is 3.14. The van der Waals surface area contributed by atoms with Crippen LogP contribution in [0.3, 0.4) is 0 Å². The standard InChI is InChI=1S/C44H36F2O8/c1-43(21-49-22-43)25-51-29-13-15-33(35(45)19-29)41(47)53-37-17-11-27-7-3-5-9-31(27)39(37)40-32-10-6-4-8-28(32)12-18-38(40)54-42(48)34-16-14-30(20-36(34)46)52-26-44(2)23-50-24-44/h3-20H,21-26H2,1-2H3. The molecule has 6 aromatic carbocycles. The molecular formula is C44H36F2O8. The van der Waals surface area contributed by atoms with Crippen molar-refractivity contribution in [1.29, 1.82) is 0 Å². The van der Waals surface area contributed by atoms with Gasteiger partial charge in [0, 0.05) is 34.1 Å². The molecule has 8 rings (SSSR count). The van der Waals surface area contributed by atoms with E-state index in [4.69, 9.17) is 28.4 Å². The molecule has 2 fully saturated rings. The summed E-state index contributed by atoms with van der Waals surface area (Å²) in [4.78, 5) is 27.3. The number of halogens is 2. The maximum atomic E-state index is 15.4. The summed E-state index contributed by atoms with van der Waals surface area (Å²) >= 11 is 0. The third kappa shape index (κ3) is 6.98. The quantitative estimate of drug-likeness (QED) is 0.0964. The Morgan fingerprint density at radius 1 is 0.574 bits per heavy atom. The topological polar surface area (TPSA) is 89.5 Å². The van der Waals surface area contributed by atoms with Gasteiger partial charge in [0.1, 0.15) is 34.6 Å². The van der Waals surface area contributed by atoms with E-state index in [2.05, 4.69) is 0 Å². The van der Waals surface area contributed by atoms with Gasteiger partial charge in [-0.25, -0.2) is 18.4 Å². The highest BCUT2D eigenvalue weighted by Gasteiger charge is 2.35. The number of hydrogen-bond donors (Lipinski definition) is 0. The maximum absolute atomic E-state index is 15.4. The summed E-state index contributed by atoms with van der Waals surface area (Å²) in [6, 6.07) is 29.7. The molecule has 2 saturated heterocycles. The van der Waals surface area contributed by atoms with Crippen LogP contribution in [0.4, 0.5) is 8.78 Å². The van der Waals surface area contributed by atoms with E-state index in [1.54, 1.807) is 24.3 Å². The summed E-state index contributed by atoms with van der Waals surface area (Å²) in [7, 11) is 0. The van der Waals surface area contributed by atoms with Crippen molar-refractivity contribution in [2.24, 2.45) is 10.8 Å². The molecule has 0 spiro atoms. The molecule has 54 heavy (non-hydrogen) atoms. The monoisotopic (exact) mass is 730 g/mol. The summed E-state index contributed by atoms with van der Waals surface area (Å²) in [5.41, 5.74) is -0.0189. The molecule has 0 amide bonds. The van der Waals surface area contributed by atoms with Gasteiger partial charge in [0.2, 0.25) is 0 Å². The van der Waals surface area contributed by atoms with Crippen LogP contribution in [0.1, 0.15) is 34.6 Å². The maximum Gasteiger partial charge on any atom is 0.346 e. The molecule has 0 aromatic heterocycles. The van der Waals surface area contributed by atoms with E-state index in [0.29, 0.717) is 61.5 Å². The molecule has 2 aliphatic rings. The van der Waals surface area contributed by atoms with Crippen molar-refractivity contribution in [2.75, 3.05) is 39.6 Å². The van der Waals surface area contributed by atoms with E-state index in [0.717, 1.165) is 22.9 Å². The van der Waals surface area contributed by atoms with E-state index in [-0.39, 0.29) is 45.0 Å². The second-order valence-corrected chi connectivity index (χ2v) is 14.6. The molecule has 0 radical (unpaired) electrons. The smallest absolute Gasteiger partial charge is 0.346 e. The third-order valence-corrected chi connectivity index (χ3v) is 9.73. The number of hydrogen-bond acceptors (Lipinski definition) is 8. The first-order valence-electron chi connectivity index (χ1n) is 17.6. The molecule has 0 atom stereocenters. The van der Waals surface area contributed by atoms with Gasteiger partial charge in [-0.1, -0.05) is 74.5 Å². The lowest BCUT2D eigenvalue weighted by molar-refractivity contribution is -0.120. The number of fused-ring (bicyclic) bond motifs is 2. The number of rotatable bonds is 11. The fourth-order valence-electron chi connectivity index (χ4n) is 6.58. The summed E-state index contributed by atoms with van der Waals surface area (Å²) in [5, 5.41) is 2.96. The summed E-state index contributed by atoms with van der Waals surface area (Å²) in [6.07, 6.45) is 0. The Kier molecular flexibility index (Phi) is 9.25. The number of ether oxygens (including phenoxy) is 6. The van der Waals surface area contributed by atoms with Gasteiger partial charge < -0.3 is 28.4 Å². The lowest BCUT2D eigenvalue weighted by Gasteiger charge is -2.37. The first-order chi connectivity index (χ1) is 26.1. The van der Waals surface area contributed by atoms with Gasteiger partial charge in [-0.2, -0.15) is 0 Å². The molecule has 0 N–H and O–H groups in total. The normalized spacial score (nSPS) is 15.6. The van der Waals surface area contributed by atoms with Crippen LogP contribution in [0.2, 0.25) is 0 Å². The Bertz CT molecular complexity index is 2250. The van der Waals surface area contributed by atoms with Gasteiger partial charge in [-0.05, 0) is 57.9 Å². The molecule has 6 aromatic rings. The molecule has 0 aliphatic carbocycles. The molecule has 10 heteroatoms. The first-order valence-corrected chi connectivity index (χ1v) is 17.6. The predicted molar refractivity (Wildman–Crippen MR) is 198 cm³/mol. The minimum Gasteiger partial charge on any atom is -0.493 e. The van der Waals surface area contributed by atoms with Gasteiger partial charge in [0.15, 0.2) is 0 Å². The molecule has 8 nitrogen and oxygen atoms in total. The lowest BCUT2D eigenvalue weighted by atomic mass is 9.90. The van der Waals surface area contributed by atoms with Gasteiger partial charge in [0.05, 0.1) is 50.8 Å². The summed E-state index contributed by atoms with van der Waals surface area (Å²) in [6.45, 7) is 6.95. The van der Waals surface area contributed by atoms with Crippen molar-refractivity contribution >= 4 is 33.5 Å². The third-order valence-electron chi connectivity index (χ3n) is 9.73. The largest absolute Gasteiger partial charge is 0.493 e. The Balaban J connectivity index is 1.14. The highest BCUT2D eigenvalue weighted by Crippen LogP contribution is 2.46. The molecule has 274 valence electrons. The minimum atomic E-state index is -0.933. The van der Waals surface area contributed by atoms with Crippen LogP contribution in [0.15, 0.2) is 109 Å². The molecule has 2 aliphatic heterocycles. The van der Waals surface area contributed by atoms with Crippen molar-refractivity contribution < 1.29 is 46.8 Å². The van der Waals surface area contributed by atoms with Crippen LogP contribution in [0.25, 0.3) is 32.7 Å². The SMILES string of the molecule is CC1(COc2ccc(C(=O)Oc3ccc4ccccc4c3-c3c(OC(=O)c4ccc(OCC5(C)COC5)cc4F)ccc4ccccc34)c(F)c2)COC1. The molecule has 0 saturated carbocycles. The van der Waals surface area contributed by atoms with Crippen LogP contribution in [0, 0.1) is 22.5 Å². The van der Waals surface area contributed by atoms with Crippen LogP contribution in [-0.2, 0) is 9.47 Å². The van der Waals surface area contributed by atoms with Crippen molar-refractivity contribution in [3.05, 3.63) is 132 Å². The molecule has 0 unspecified atom stereocenters. The second kappa shape index (κ2) is 14.2. The predicted octanol–water partition coefficient (Wildman–Crippen LogP) is 9.21. The average molecular weight is 731 g/mol. The van der Waals surface area contributed by atoms with Crippen molar-refractivity contribution in [2.45, 2.75) is 13.8 Å². The number of carbonyl (C=O) groups excluding carboxylic acids is 2. The Hall–Kier alpha value is -5.84. The fourth-order valence-corrected chi connectivity index (χ4v) is 6.58. The lowest BCUT2D eigenvalue weighted by Crippen LogP contribution is -2.44. The van der Waals surface area contributed by atoms with Gasteiger partial charge in [-0.15, -0.1) is 0 Å². The number of benzene rings is 6. The van der Waals surface area contributed by atoms with E-state index < -0.39 is 23.6 Å². The van der Waals surface area contributed by atoms with Gasteiger partial charge >= 0.3 is 11.9 Å². The second-order valence-electron chi connectivity index (χ2n) is 14.6. The fraction of sp³-hybridized carbons (Fsp3) is 0.227. The highest BCUT2D eigenvalue weighted by molar-refractivity contribution is 6.11. The van der Waals surface area contributed by atoms with Gasteiger partial charge in [-0.3, -0.25) is 0 Å². The number of carbonyl (C=O) groups is 2. The van der Waals surface area contributed by atoms with Crippen LogP contribution >= 0.6 is 0 Å². The molecule has 0 bridgehead atoms. The zero-order valence-corrected chi connectivity index (χ0v) is 29.7. The Morgan fingerprint density at radius 2 is 0.981 bits per heavy atom. The summed E-state index contributed by atoms with van der Waals surface area (Å²) < 4.78 is 64.9. The van der Waals surface area contributed by atoms with E-state index in [1.807, 2.05) is 62.4 Å². The van der Waals surface area contributed by atoms with Crippen molar-refractivity contribution in [3.63, 3.8) is 0 Å².